The predicted octanol–water partition coefficient (Wildman–Crippen LogP) is 1.33. The largest absolute Gasteiger partial charge is 0.314 e. The second-order valence-corrected chi connectivity index (χ2v) is 8.68. The molecule has 0 radical (unpaired) electrons. The Morgan fingerprint density at radius 2 is 2.00 bits per heavy atom. The minimum absolute atomic E-state index is 0.260. The molecule has 0 aromatic heterocycles. The summed E-state index contributed by atoms with van der Waals surface area (Å²) in [5.74, 6) is 0.260. The number of nitrogens with zero attached hydrogens (tertiary/aromatic N) is 1. The number of rotatable bonds is 6. The molecular weight excluding hydrogens is 284 g/mol. The number of sulfone groups is 1. The summed E-state index contributed by atoms with van der Waals surface area (Å²) in [4.78, 5) is 2.32. The molecule has 1 N–H and O–H groups in total. The second-order valence-electron chi connectivity index (χ2n) is 6.00. The molecule has 1 aliphatic heterocycles. The zero-order valence-electron chi connectivity index (χ0n) is 13.0. The summed E-state index contributed by atoms with van der Waals surface area (Å²) in [7, 11) is -2.96. The van der Waals surface area contributed by atoms with Gasteiger partial charge in [0.15, 0.2) is 9.84 Å². The van der Waals surface area contributed by atoms with E-state index in [9.17, 15) is 8.42 Å². The van der Waals surface area contributed by atoms with Gasteiger partial charge in [0, 0.05) is 32.2 Å². The molecule has 118 valence electrons. The lowest BCUT2D eigenvalue weighted by atomic mass is 10.0. The highest BCUT2D eigenvalue weighted by Crippen LogP contribution is 2.12. The number of benzene rings is 1. The third kappa shape index (κ3) is 4.80. The Morgan fingerprint density at radius 1 is 1.29 bits per heavy atom. The molecule has 4 nitrogen and oxygen atoms in total. The lowest BCUT2D eigenvalue weighted by Crippen LogP contribution is -2.53. The van der Waals surface area contributed by atoms with E-state index in [-0.39, 0.29) is 11.0 Å². The van der Waals surface area contributed by atoms with Gasteiger partial charge in [0.05, 0.1) is 11.0 Å². The maximum Gasteiger partial charge on any atom is 0.153 e. The van der Waals surface area contributed by atoms with Crippen molar-refractivity contribution < 1.29 is 8.42 Å². The van der Waals surface area contributed by atoms with Crippen molar-refractivity contribution in [1.29, 1.82) is 0 Å². The van der Waals surface area contributed by atoms with E-state index in [4.69, 9.17) is 0 Å². The Morgan fingerprint density at radius 3 is 2.67 bits per heavy atom. The quantitative estimate of drug-likeness (QED) is 0.861. The Hall–Kier alpha value is -0.910. The monoisotopic (exact) mass is 310 g/mol. The van der Waals surface area contributed by atoms with Gasteiger partial charge in [0.25, 0.3) is 0 Å². The van der Waals surface area contributed by atoms with Crippen molar-refractivity contribution in [2.24, 2.45) is 0 Å². The molecule has 2 rings (SSSR count). The smallest absolute Gasteiger partial charge is 0.153 e. The van der Waals surface area contributed by atoms with Gasteiger partial charge in [-0.1, -0.05) is 30.3 Å². The van der Waals surface area contributed by atoms with Crippen LogP contribution >= 0.6 is 0 Å². The van der Waals surface area contributed by atoms with Crippen molar-refractivity contribution in [3.8, 4) is 0 Å². The molecule has 1 atom stereocenters. The Balaban J connectivity index is 1.96. The van der Waals surface area contributed by atoms with E-state index in [0.29, 0.717) is 12.6 Å². The van der Waals surface area contributed by atoms with Crippen molar-refractivity contribution in [3.63, 3.8) is 0 Å². The molecule has 0 aliphatic carbocycles. The zero-order valence-corrected chi connectivity index (χ0v) is 13.8. The lowest BCUT2D eigenvalue weighted by molar-refractivity contribution is 0.169. The van der Waals surface area contributed by atoms with Gasteiger partial charge in [-0.25, -0.2) is 8.42 Å². The highest BCUT2D eigenvalue weighted by Gasteiger charge is 2.25. The van der Waals surface area contributed by atoms with Crippen molar-refractivity contribution >= 4 is 9.84 Å². The Labute approximate surface area is 128 Å². The molecule has 1 fully saturated rings. The van der Waals surface area contributed by atoms with Gasteiger partial charge in [0.2, 0.25) is 0 Å². The summed E-state index contributed by atoms with van der Waals surface area (Å²) in [6.45, 7) is 6.94. The maximum absolute atomic E-state index is 12.0. The molecule has 1 heterocycles. The number of hydrogen-bond donors (Lipinski definition) is 1. The van der Waals surface area contributed by atoms with Crippen LogP contribution in [-0.4, -0.2) is 56.5 Å². The van der Waals surface area contributed by atoms with Crippen LogP contribution in [0.15, 0.2) is 30.3 Å². The van der Waals surface area contributed by atoms with Crippen LogP contribution in [0, 0.1) is 0 Å². The normalized spacial score (nSPS) is 20.8. The van der Waals surface area contributed by atoms with E-state index >= 15 is 0 Å². The van der Waals surface area contributed by atoms with Crippen LogP contribution in [0.4, 0.5) is 0 Å². The van der Waals surface area contributed by atoms with E-state index in [1.165, 1.54) is 5.56 Å². The van der Waals surface area contributed by atoms with Crippen LogP contribution in [-0.2, 0) is 16.3 Å². The standard InChI is InChI=1S/C16H26N2O2S/c1-14(2)21(19,20)11-10-18-9-8-17-13-16(18)12-15-6-4-3-5-7-15/h3-7,14,16-17H,8-13H2,1-2H3. The molecule has 0 amide bonds. The Bertz CT molecular complexity index is 528. The van der Waals surface area contributed by atoms with E-state index in [0.717, 1.165) is 26.1 Å². The van der Waals surface area contributed by atoms with Crippen molar-refractivity contribution in [3.05, 3.63) is 35.9 Å². The topological polar surface area (TPSA) is 49.4 Å². The number of nitrogens with one attached hydrogen (secondary N) is 1. The summed E-state index contributed by atoms with van der Waals surface area (Å²) in [6.07, 6.45) is 0.968. The van der Waals surface area contributed by atoms with E-state index in [1.54, 1.807) is 13.8 Å². The molecular formula is C16H26N2O2S. The number of hydrogen-bond acceptors (Lipinski definition) is 4. The summed E-state index contributed by atoms with van der Waals surface area (Å²) >= 11 is 0. The van der Waals surface area contributed by atoms with Gasteiger partial charge in [0.1, 0.15) is 0 Å². The fourth-order valence-electron chi connectivity index (χ4n) is 2.67. The van der Waals surface area contributed by atoms with Crippen molar-refractivity contribution in [1.82, 2.24) is 10.2 Å². The van der Waals surface area contributed by atoms with Gasteiger partial charge in [-0.2, -0.15) is 0 Å². The molecule has 1 saturated heterocycles. The first kappa shape index (κ1) is 16.5. The molecule has 21 heavy (non-hydrogen) atoms. The Kier molecular flexibility index (Phi) is 5.79. The van der Waals surface area contributed by atoms with Gasteiger partial charge in [-0.15, -0.1) is 0 Å². The minimum atomic E-state index is -2.96. The highest BCUT2D eigenvalue weighted by molar-refractivity contribution is 7.92. The molecule has 0 spiro atoms. The molecule has 0 saturated carbocycles. The van der Waals surface area contributed by atoms with E-state index < -0.39 is 9.84 Å². The van der Waals surface area contributed by atoms with E-state index in [1.807, 2.05) is 6.07 Å². The van der Waals surface area contributed by atoms with Crippen LogP contribution in [0.1, 0.15) is 19.4 Å². The fourth-order valence-corrected chi connectivity index (χ4v) is 3.63. The van der Waals surface area contributed by atoms with E-state index in [2.05, 4.69) is 34.5 Å². The SMILES string of the molecule is CC(C)S(=O)(=O)CCN1CCNCC1Cc1ccccc1. The first-order valence-corrected chi connectivity index (χ1v) is 9.41. The highest BCUT2D eigenvalue weighted by atomic mass is 32.2. The van der Waals surface area contributed by atoms with Crippen LogP contribution in [0.3, 0.4) is 0 Å². The molecule has 5 heteroatoms. The molecule has 1 aromatic rings. The van der Waals surface area contributed by atoms with Gasteiger partial charge >= 0.3 is 0 Å². The van der Waals surface area contributed by atoms with Gasteiger partial charge in [-0.3, -0.25) is 4.90 Å². The minimum Gasteiger partial charge on any atom is -0.314 e. The van der Waals surface area contributed by atoms with Gasteiger partial charge < -0.3 is 5.32 Å². The zero-order chi connectivity index (χ0) is 15.3. The molecule has 1 aromatic carbocycles. The summed E-state index contributed by atoms with van der Waals surface area (Å²) < 4.78 is 24.0. The predicted molar refractivity (Wildman–Crippen MR) is 87.3 cm³/mol. The summed E-state index contributed by atoms with van der Waals surface area (Å²) in [6, 6.07) is 10.8. The first-order valence-electron chi connectivity index (χ1n) is 7.69. The third-order valence-electron chi connectivity index (χ3n) is 4.17. The second kappa shape index (κ2) is 7.38. The van der Waals surface area contributed by atoms with Crippen LogP contribution in [0.25, 0.3) is 0 Å². The van der Waals surface area contributed by atoms with Gasteiger partial charge in [-0.05, 0) is 25.8 Å². The van der Waals surface area contributed by atoms with Crippen LogP contribution in [0.2, 0.25) is 0 Å². The maximum atomic E-state index is 12.0. The fraction of sp³-hybridized carbons (Fsp3) is 0.625. The summed E-state index contributed by atoms with van der Waals surface area (Å²) in [5.41, 5.74) is 1.31. The van der Waals surface area contributed by atoms with Crippen molar-refractivity contribution in [2.75, 3.05) is 31.9 Å². The third-order valence-corrected chi connectivity index (χ3v) is 6.36. The first-order chi connectivity index (χ1) is 9.99. The van der Waals surface area contributed by atoms with Crippen LogP contribution < -0.4 is 5.32 Å². The number of piperazine rings is 1. The average Bonchev–Trinajstić information content (AvgIpc) is 2.47. The molecule has 1 unspecified atom stereocenters. The van der Waals surface area contributed by atoms with Crippen molar-refractivity contribution in [2.45, 2.75) is 31.6 Å². The van der Waals surface area contributed by atoms with Crippen LogP contribution in [0.5, 0.6) is 0 Å². The summed E-state index contributed by atoms with van der Waals surface area (Å²) in [5, 5.41) is 3.13. The molecule has 0 bridgehead atoms. The lowest BCUT2D eigenvalue weighted by Gasteiger charge is -2.36. The molecule has 1 aliphatic rings. The average molecular weight is 310 g/mol.